The largest absolute Gasteiger partial charge is 0.384 e. The van der Waals surface area contributed by atoms with Crippen LogP contribution in [-0.4, -0.2) is 156 Å². The van der Waals surface area contributed by atoms with Crippen LogP contribution in [0.2, 0.25) is 5.15 Å². The number of aromatic nitrogens is 10. The van der Waals surface area contributed by atoms with Crippen molar-refractivity contribution in [3.05, 3.63) is 65.9 Å². The van der Waals surface area contributed by atoms with E-state index in [1.165, 1.54) is 0 Å². The molecule has 2 fully saturated rings. The first-order valence-electron chi connectivity index (χ1n) is 23.8. The number of hydrogen-bond donors (Lipinski definition) is 2. The molecule has 8 heterocycles. The average Bonchev–Trinajstić information content (AvgIpc) is 3.94. The highest BCUT2D eigenvalue weighted by Gasteiger charge is 2.23. The minimum absolute atomic E-state index is 0. The molecule has 8 rings (SSSR count). The Balaban J connectivity index is 0.000000220. The van der Waals surface area contributed by atoms with E-state index in [1.54, 1.807) is 73.5 Å². The highest BCUT2D eigenvalue weighted by atomic mass is 35.5. The summed E-state index contributed by atoms with van der Waals surface area (Å²) in [6.45, 7) is 13.4. The number of nitrogens with zero attached hydrogens (tertiary/aromatic N) is 12. The van der Waals surface area contributed by atoms with Crippen molar-refractivity contribution in [2.24, 2.45) is 0 Å². The summed E-state index contributed by atoms with van der Waals surface area (Å²) in [5.74, 6) is 4.99. The minimum Gasteiger partial charge on any atom is -0.384 e. The number of nitrogens with two attached hydrogens (primary N) is 1. The van der Waals surface area contributed by atoms with Crippen molar-refractivity contribution in [3.8, 4) is 0 Å². The third kappa shape index (κ3) is 15.8. The summed E-state index contributed by atoms with van der Waals surface area (Å²) >= 11 is 5.97. The van der Waals surface area contributed by atoms with Crippen molar-refractivity contribution in [1.29, 1.82) is 0 Å². The number of rotatable bonds is 20. The van der Waals surface area contributed by atoms with Crippen molar-refractivity contribution in [1.82, 2.24) is 49.0 Å². The van der Waals surface area contributed by atoms with Gasteiger partial charge in [0.1, 0.15) is 58.5 Å². The van der Waals surface area contributed by atoms with E-state index < -0.39 is 6.29 Å². The smallest absolute Gasteiger partial charge is 0.227 e. The lowest BCUT2D eigenvalue weighted by Crippen LogP contribution is -2.37. The molecule has 2 saturated heterocycles. The molecule has 396 valence electrons. The second-order valence-corrected chi connectivity index (χ2v) is 17.7. The molecule has 72 heavy (non-hydrogen) atoms. The van der Waals surface area contributed by atoms with Crippen LogP contribution in [0.4, 0.5) is 29.4 Å². The van der Waals surface area contributed by atoms with Crippen molar-refractivity contribution in [2.75, 3.05) is 103 Å². The maximum absolute atomic E-state index is 5.97. The number of imidazole rings is 2. The Morgan fingerprint density at radius 2 is 1.07 bits per heavy atom. The summed E-state index contributed by atoms with van der Waals surface area (Å²) in [7, 11) is 9.86. The molecule has 2 aliphatic rings. The summed E-state index contributed by atoms with van der Waals surface area (Å²) in [6, 6.07) is 7.79. The van der Waals surface area contributed by atoms with Gasteiger partial charge in [-0.25, -0.2) is 29.9 Å². The molecular formula is C49H75ClN14O8. The van der Waals surface area contributed by atoms with Gasteiger partial charge >= 0.3 is 0 Å². The molecule has 0 amide bonds. The number of anilines is 5. The van der Waals surface area contributed by atoms with Gasteiger partial charge in [0.2, 0.25) is 11.9 Å². The maximum atomic E-state index is 5.97. The molecule has 0 bridgehead atoms. The van der Waals surface area contributed by atoms with Crippen LogP contribution in [0.3, 0.4) is 0 Å². The lowest BCUT2D eigenvalue weighted by Gasteiger charge is -2.31. The van der Waals surface area contributed by atoms with Crippen molar-refractivity contribution < 1.29 is 37.9 Å². The predicted octanol–water partition coefficient (Wildman–Crippen LogP) is 7.41. The monoisotopic (exact) mass is 1020 g/mol. The topological polar surface area (TPSA) is 231 Å². The molecule has 0 radical (unpaired) electrons. The predicted molar refractivity (Wildman–Crippen MR) is 279 cm³/mol. The summed E-state index contributed by atoms with van der Waals surface area (Å²) in [4.78, 5) is 39.8. The van der Waals surface area contributed by atoms with Gasteiger partial charge in [0.15, 0.2) is 12.6 Å². The second-order valence-electron chi connectivity index (χ2n) is 17.4. The van der Waals surface area contributed by atoms with Crippen LogP contribution in [0.25, 0.3) is 22.1 Å². The van der Waals surface area contributed by atoms with E-state index in [0.717, 1.165) is 91.5 Å². The molecule has 0 unspecified atom stereocenters. The normalized spacial score (nSPS) is 14.5. The van der Waals surface area contributed by atoms with E-state index in [2.05, 4.69) is 81.8 Å². The molecule has 0 atom stereocenters. The lowest BCUT2D eigenvalue weighted by atomic mass is 10.1. The lowest BCUT2D eigenvalue weighted by molar-refractivity contribution is -0.143. The van der Waals surface area contributed by atoms with Crippen LogP contribution in [0, 0.1) is 0 Å². The van der Waals surface area contributed by atoms with Crippen LogP contribution >= 0.6 is 11.6 Å². The average molecular weight is 1020 g/mol. The van der Waals surface area contributed by atoms with E-state index in [4.69, 9.17) is 65.2 Å². The Hall–Kier alpha value is -5.43. The van der Waals surface area contributed by atoms with Crippen LogP contribution in [0.1, 0.15) is 84.5 Å². The number of piperidine rings is 2. The molecule has 2 aliphatic heterocycles. The van der Waals surface area contributed by atoms with Crippen LogP contribution in [-0.2, 0) is 51.1 Å². The number of pyridine rings is 2. The number of methoxy groups -OCH3 is 6. The third-order valence-corrected chi connectivity index (χ3v) is 12.2. The van der Waals surface area contributed by atoms with Crippen molar-refractivity contribution in [3.63, 3.8) is 0 Å². The number of ether oxygens (including phenoxy) is 8. The highest BCUT2D eigenvalue weighted by molar-refractivity contribution is 6.29. The summed E-state index contributed by atoms with van der Waals surface area (Å²) in [5.41, 5.74) is 9.16. The number of fused-ring (bicyclic) bond motifs is 2. The van der Waals surface area contributed by atoms with E-state index in [0.29, 0.717) is 67.2 Å². The minimum atomic E-state index is -0.409. The molecule has 6 aromatic heterocycles. The van der Waals surface area contributed by atoms with E-state index >= 15 is 0 Å². The Morgan fingerprint density at radius 3 is 1.53 bits per heavy atom. The molecule has 0 aliphatic carbocycles. The van der Waals surface area contributed by atoms with Crippen LogP contribution in [0.15, 0.2) is 49.1 Å². The second kappa shape index (κ2) is 28.7. The Kier molecular flexibility index (Phi) is 22.9. The SMILES string of the molecule is C.COC(COCc1nc2cnc(Cl)cc2n1C(C)C)OC.COC1CCN(c2nccc(N)n2)CC1.COC1CCN(c2nccc(Nc3cc4c(cn3)nc(COCC(OC)OC)n4C(C)C)n2)CC1. The van der Waals surface area contributed by atoms with Gasteiger partial charge in [0.05, 0.1) is 48.8 Å². The molecule has 0 aromatic carbocycles. The summed E-state index contributed by atoms with van der Waals surface area (Å²) in [5, 5.41) is 3.78. The Bertz CT molecular complexity index is 2530. The van der Waals surface area contributed by atoms with Crippen LogP contribution < -0.4 is 20.9 Å². The zero-order valence-corrected chi connectivity index (χ0v) is 43.4. The van der Waals surface area contributed by atoms with E-state index in [9.17, 15) is 0 Å². The van der Waals surface area contributed by atoms with Gasteiger partial charge in [-0.3, -0.25) is 0 Å². The standard InChI is InChI=1S/C24H35N7O4.C14H20ClN3O3.C10H16N4O.CH4/c1-16(2)31-19-12-21(26-13-18(19)27-22(31)14-35-15-23(33-4)34-5)28-20-6-9-25-24(29-20)30-10-7-17(32-3)8-11-30;1-9(2)18-11-5-12(15)16-6-10(11)17-13(18)7-21-8-14(19-3)20-4;1-15-8-3-6-14(7-4-8)10-12-5-2-9(11)13-10;/h6,9,12-13,16-17,23H,7-8,10-11,14-15H2,1-5H3,(H,25,26,28,29);5-6,9,14H,7-8H2,1-4H3;2,5,8H,3-4,6-7H2,1H3,(H2,11,12,13);1H4. The van der Waals surface area contributed by atoms with Gasteiger partial charge in [0.25, 0.3) is 0 Å². The fraction of sp³-hybridized carbons (Fsp3) is 0.592. The van der Waals surface area contributed by atoms with Gasteiger partial charge in [-0.2, -0.15) is 9.97 Å². The highest BCUT2D eigenvalue weighted by Crippen LogP contribution is 2.27. The third-order valence-electron chi connectivity index (χ3n) is 12.0. The van der Waals surface area contributed by atoms with E-state index in [-0.39, 0.29) is 25.8 Å². The van der Waals surface area contributed by atoms with Gasteiger partial charge in [0, 0.05) is 105 Å². The Labute approximate surface area is 428 Å². The van der Waals surface area contributed by atoms with Crippen LogP contribution in [0.5, 0.6) is 0 Å². The van der Waals surface area contributed by atoms with E-state index in [1.807, 2.05) is 18.2 Å². The van der Waals surface area contributed by atoms with Gasteiger partial charge in [-0.1, -0.05) is 19.0 Å². The zero-order valence-electron chi connectivity index (χ0n) is 42.7. The van der Waals surface area contributed by atoms with Crippen molar-refractivity contribution >= 4 is 63.0 Å². The summed E-state index contributed by atoms with van der Waals surface area (Å²) < 4.78 is 47.0. The quantitative estimate of drug-likeness (QED) is 0.0560. The fourth-order valence-corrected chi connectivity index (χ4v) is 8.41. The first kappa shape index (κ1) is 57.5. The van der Waals surface area contributed by atoms with Crippen molar-refractivity contribution in [2.45, 2.75) is 111 Å². The number of halogens is 1. The van der Waals surface area contributed by atoms with Gasteiger partial charge < -0.3 is 67.9 Å². The number of nitrogen functional groups attached to an aromatic ring is 1. The zero-order chi connectivity index (χ0) is 50.9. The van der Waals surface area contributed by atoms with Gasteiger partial charge in [-0.15, -0.1) is 0 Å². The van der Waals surface area contributed by atoms with Gasteiger partial charge in [-0.05, 0) is 65.5 Å². The molecule has 22 nitrogen and oxygen atoms in total. The molecule has 3 N–H and O–H groups in total. The molecule has 0 saturated carbocycles. The molecule has 0 spiro atoms. The molecule has 6 aromatic rings. The summed E-state index contributed by atoms with van der Waals surface area (Å²) in [6.07, 6.45) is 10.8. The molecular weight excluding hydrogens is 948 g/mol. The number of nitrogens with one attached hydrogen (secondary N) is 1. The molecule has 23 heteroatoms. The number of hydrogen-bond acceptors (Lipinski definition) is 20. The first-order valence-corrected chi connectivity index (χ1v) is 24.2. The Morgan fingerprint density at radius 1 is 0.611 bits per heavy atom. The fourth-order valence-electron chi connectivity index (χ4n) is 8.25. The maximum Gasteiger partial charge on any atom is 0.227 e. The first-order chi connectivity index (χ1) is 34.4.